The normalized spacial score (nSPS) is 19.4. The van der Waals surface area contributed by atoms with E-state index in [1.54, 1.807) is 54.3 Å². The maximum Gasteiger partial charge on any atom is 0.417 e. The first kappa shape index (κ1) is 37.0. The standard InChI is InChI=1S/C35H45F3N4O6/c1-23(33(44)42-16-13-29-26(21-42)19-27(20-39-29)35(36,37)38)18-28(40-30-14-17-48-22-31(30)46-3)6-5-15-41(2)32(43)12-9-24-7-10-25(11-8-24)34(45)47-4/h7-12,19-20,23,28,30-31,40H,5-6,13-18,21-22H2,1-4H3/b12-9+. The summed E-state index contributed by atoms with van der Waals surface area (Å²) < 4.78 is 55.8. The Bertz CT molecular complexity index is 1430. The third kappa shape index (κ3) is 10.1. The van der Waals surface area contributed by atoms with Gasteiger partial charge < -0.3 is 29.3 Å². The first-order chi connectivity index (χ1) is 22.9. The van der Waals surface area contributed by atoms with E-state index in [1.165, 1.54) is 13.2 Å². The van der Waals surface area contributed by atoms with E-state index in [0.29, 0.717) is 68.8 Å². The largest absolute Gasteiger partial charge is 0.465 e. The highest BCUT2D eigenvalue weighted by molar-refractivity contribution is 5.92. The van der Waals surface area contributed by atoms with Crippen LogP contribution < -0.4 is 5.32 Å². The molecule has 0 bridgehead atoms. The zero-order chi connectivity index (χ0) is 34.8. The van der Waals surface area contributed by atoms with Crippen LogP contribution in [0.25, 0.3) is 6.08 Å². The van der Waals surface area contributed by atoms with Gasteiger partial charge in [-0.25, -0.2) is 4.79 Å². The molecule has 0 spiro atoms. The van der Waals surface area contributed by atoms with Crippen LogP contribution in [0.1, 0.15) is 65.3 Å². The number of aromatic nitrogens is 1. The van der Waals surface area contributed by atoms with Crippen LogP contribution in [0.3, 0.4) is 0 Å². The van der Waals surface area contributed by atoms with Crippen LogP contribution in [0.4, 0.5) is 13.2 Å². The number of halogens is 3. The molecule has 10 nitrogen and oxygen atoms in total. The maximum absolute atomic E-state index is 13.6. The van der Waals surface area contributed by atoms with Crippen molar-refractivity contribution in [3.63, 3.8) is 0 Å². The zero-order valence-electron chi connectivity index (χ0n) is 27.9. The summed E-state index contributed by atoms with van der Waals surface area (Å²) in [4.78, 5) is 45.3. The number of methoxy groups -OCH3 is 2. The summed E-state index contributed by atoms with van der Waals surface area (Å²) in [5.41, 5.74) is 1.40. The lowest BCUT2D eigenvalue weighted by molar-refractivity contribution is -0.138. The first-order valence-corrected chi connectivity index (χ1v) is 16.2. The number of amides is 2. The van der Waals surface area contributed by atoms with Crippen LogP contribution in [0, 0.1) is 5.92 Å². The quantitative estimate of drug-likeness (QED) is 0.244. The lowest BCUT2D eigenvalue weighted by atomic mass is 9.93. The number of carbonyl (C=O) groups excluding carboxylic acids is 3. The van der Waals surface area contributed by atoms with Gasteiger partial charge in [-0.2, -0.15) is 13.2 Å². The molecule has 0 saturated carbocycles. The van der Waals surface area contributed by atoms with E-state index in [4.69, 9.17) is 14.2 Å². The summed E-state index contributed by atoms with van der Waals surface area (Å²) in [5.74, 6) is -1.11. The average Bonchev–Trinajstić information content (AvgIpc) is 3.09. The number of rotatable bonds is 13. The number of hydrogen-bond acceptors (Lipinski definition) is 8. The molecular weight excluding hydrogens is 629 g/mol. The molecule has 2 aromatic rings. The number of nitrogens with one attached hydrogen (secondary N) is 1. The van der Waals surface area contributed by atoms with Gasteiger partial charge in [0.15, 0.2) is 0 Å². The molecule has 0 radical (unpaired) electrons. The van der Waals surface area contributed by atoms with E-state index in [2.05, 4.69) is 10.3 Å². The highest BCUT2D eigenvalue weighted by Crippen LogP contribution is 2.31. The van der Waals surface area contributed by atoms with Crippen molar-refractivity contribution in [2.24, 2.45) is 5.92 Å². The van der Waals surface area contributed by atoms with Crippen LogP contribution in [-0.2, 0) is 42.9 Å². The van der Waals surface area contributed by atoms with E-state index in [9.17, 15) is 27.6 Å². The fraction of sp³-hybridized carbons (Fsp3) is 0.543. The van der Waals surface area contributed by atoms with Crippen molar-refractivity contribution in [1.82, 2.24) is 20.1 Å². The van der Waals surface area contributed by atoms with Gasteiger partial charge in [0.05, 0.1) is 30.9 Å². The molecule has 2 aliphatic heterocycles. The number of nitrogens with zero attached hydrogens (tertiary/aromatic N) is 3. The highest BCUT2D eigenvalue weighted by atomic mass is 19.4. The van der Waals surface area contributed by atoms with E-state index >= 15 is 0 Å². The molecule has 1 N–H and O–H groups in total. The Morgan fingerprint density at radius 1 is 1.21 bits per heavy atom. The SMILES string of the molecule is COC(=O)c1ccc(/C=C/C(=O)N(C)CCCC(CC(C)C(=O)N2CCc3ncc(C(F)(F)F)cc3C2)NC2CCOCC2OC)cc1. The Hall–Kier alpha value is -3.81. The molecule has 13 heteroatoms. The van der Waals surface area contributed by atoms with Gasteiger partial charge in [-0.15, -0.1) is 0 Å². The lowest BCUT2D eigenvalue weighted by Gasteiger charge is -2.36. The number of alkyl halides is 3. The molecule has 1 aromatic carbocycles. The van der Waals surface area contributed by atoms with Gasteiger partial charge in [-0.05, 0) is 61.1 Å². The molecular formula is C35H45F3N4O6. The zero-order valence-corrected chi connectivity index (χ0v) is 27.9. The molecule has 1 aromatic heterocycles. The molecule has 4 atom stereocenters. The van der Waals surface area contributed by atoms with Crippen molar-refractivity contribution in [2.45, 2.75) is 69.9 Å². The summed E-state index contributed by atoms with van der Waals surface area (Å²) in [6.45, 7) is 3.89. The van der Waals surface area contributed by atoms with Crippen LogP contribution in [0.5, 0.6) is 0 Å². The molecule has 3 heterocycles. The summed E-state index contributed by atoms with van der Waals surface area (Å²) in [5, 5.41) is 3.69. The van der Waals surface area contributed by atoms with Crippen molar-refractivity contribution in [2.75, 3.05) is 47.6 Å². The van der Waals surface area contributed by atoms with Crippen molar-refractivity contribution in [1.29, 1.82) is 0 Å². The molecule has 262 valence electrons. The molecule has 4 rings (SSSR count). The Labute approximate surface area is 279 Å². The first-order valence-electron chi connectivity index (χ1n) is 16.2. The molecule has 48 heavy (non-hydrogen) atoms. The van der Waals surface area contributed by atoms with Crippen LogP contribution in [0.15, 0.2) is 42.6 Å². The fourth-order valence-corrected chi connectivity index (χ4v) is 6.14. The minimum Gasteiger partial charge on any atom is -0.465 e. The molecule has 1 saturated heterocycles. The fourth-order valence-electron chi connectivity index (χ4n) is 6.14. The van der Waals surface area contributed by atoms with Gasteiger partial charge in [0, 0.05) is 82.8 Å². The van der Waals surface area contributed by atoms with Crippen molar-refractivity contribution in [3.05, 3.63) is 70.6 Å². The second kappa shape index (κ2) is 17.0. The third-order valence-corrected chi connectivity index (χ3v) is 8.97. The van der Waals surface area contributed by atoms with Gasteiger partial charge in [0.25, 0.3) is 0 Å². The van der Waals surface area contributed by atoms with Gasteiger partial charge in [0.1, 0.15) is 0 Å². The van der Waals surface area contributed by atoms with Crippen LogP contribution in [-0.4, -0.2) is 98.3 Å². The van der Waals surface area contributed by atoms with Crippen LogP contribution >= 0.6 is 0 Å². The van der Waals surface area contributed by atoms with E-state index in [1.807, 2.05) is 6.92 Å². The summed E-state index contributed by atoms with van der Waals surface area (Å²) in [7, 11) is 4.69. The van der Waals surface area contributed by atoms with Gasteiger partial charge in [0.2, 0.25) is 11.8 Å². The number of pyridine rings is 1. The number of benzene rings is 1. The number of hydrogen-bond donors (Lipinski definition) is 1. The predicted molar refractivity (Wildman–Crippen MR) is 173 cm³/mol. The number of fused-ring (bicyclic) bond motifs is 1. The second-order valence-electron chi connectivity index (χ2n) is 12.4. The van der Waals surface area contributed by atoms with E-state index in [0.717, 1.165) is 24.2 Å². The van der Waals surface area contributed by atoms with Gasteiger partial charge >= 0.3 is 12.1 Å². The summed E-state index contributed by atoms with van der Waals surface area (Å²) >= 11 is 0. The Balaban J connectivity index is 1.35. The number of carbonyl (C=O) groups is 3. The minimum atomic E-state index is -4.50. The third-order valence-electron chi connectivity index (χ3n) is 8.97. The van der Waals surface area contributed by atoms with Gasteiger partial charge in [-0.3, -0.25) is 14.6 Å². The van der Waals surface area contributed by atoms with Crippen molar-refractivity contribution in [3.8, 4) is 0 Å². The monoisotopic (exact) mass is 674 g/mol. The number of esters is 1. The predicted octanol–water partition coefficient (Wildman–Crippen LogP) is 4.51. The highest BCUT2D eigenvalue weighted by Gasteiger charge is 2.34. The molecule has 0 aliphatic carbocycles. The Kier molecular flexibility index (Phi) is 13.1. The minimum absolute atomic E-state index is 0.0256. The Morgan fingerprint density at radius 3 is 2.65 bits per heavy atom. The molecule has 2 amide bonds. The van der Waals surface area contributed by atoms with Crippen molar-refractivity contribution < 1.29 is 41.8 Å². The number of likely N-dealkylation sites (N-methyl/N-ethyl adjacent to an activating group) is 1. The van der Waals surface area contributed by atoms with E-state index < -0.39 is 23.6 Å². The number of ether oxygens (including phenoxy) is 3. The topological polar surface area (TPSA) is 110 Å². The average molecular weight is 675 g/mol. The molecule has 2 aliphatic rings. The smallest absolute Gasteiger partial charge is 0.417 e. The lowest BCUT2D eigenvalue weighted by Crippen LogP contribution is -2.52. The van der Waals surface area contributed by atoms with Gasteiger partial charge in [-0.1, -0.05) is 19.1 Å². The molecule has 1 fully saturated rings. The van der Waals surface area contributed by atoms with Crippen LogP contribution in [0.2, 0.25) is 0 Å². The summed E-state index contributed by atoms with van der Waals surface area (Å²) in [6.07, 6.45) is 2.40. The molecule has 4 unspecified atom stereocenters. The van der Waals surface area contributed by atoms with E-state index in [-0.39, 0.29) is 36.5 Å². The summed E-state index contributed by atoms with van der Waals surface area (Å²) in [6, 6.07) is 7.78. The van der Waals surface area contributed by atoms with Crippen molar-refractivity contribution >= 4 is 23.9 Å². The Morgan fingerprint density at radius 2 is 1.96 bits per heavy atom. The maximum atomic E-state index is 13.6. The second-order valence-corrected chi connectivity index (χ2v) is 12.4.